The summed E-state index contributed by atoms with van der Waals surface area (Å²) in [5, 5.41) is 8.23. The highest BCUT2D eigenvalue weighted by Gasteiger charge is 2.14. The van der Waals surface area contributed by atoms with Gasteiger partial charge in [-0.1, -0.05) is 129 Å². The number of esters is 2. The molecule has 0 saturated heterocycles. The van der Waals surface area contributed by atoms with Crippen molar-refractivity contribution in [2.24, 2.45) is 0 Å². The Morgan fingerprint density at radius 2 is 0.844 bits per heavy atom. The van der Waals surface area contributed by atoms with Gasteiger partial charge >= 0.3 is 11.9 Å². The first-order valence-electron chi connectivity index (χ1n) is 19.2. The maximum Gasteiger partial charge on any atom is 0.306 e. The van der Waals surface area contributed by atoms with Gasteiger partial charge in [0.15, 0.2) is 0 Å². The molecule has 45 heavy (non-hydrogen) atoms. The van der Waals surface area contributed by atoms with Crippen molar-refractivity contribution in [3.63, 3.8) is 0 Å². The molecule has 0 saturated carbocycles. The van der Waals surface area contributed by atoms with Gasteiger partial charge in [0.25, 0.3) is 0 Å². The van der Waals surface area contributed by atoms with Gasteiger partial charge in [-0.05, 0) is 51.4 Å². The molecular formula is C38H72O7. The van der Waals surface area contributed by atoms with Crippen LogP contribution < -0.4 is 0 Å². The third kappa shape index (κ3) is 33.7. The van der Waals surface area contributed by atoms with Gasteiger partial charge in [0.05, 0.1) is 0 Å². The topological polar surface area (TPSA) is 99.1 Å². The quantitative estimate of drug-likeness (QED) is 0.0315. The Morgan fingerprint density at radius 3 is 1.31 bits per heavy atom. The van der Waals surface area contributed by atoms with E-state index in [9.17, 15) is 14.4 Å². The van der Waals surface area contributed by atoms with E-state index in [0.717, 1.165) is 89.9 Å². The second-order valence-corrected chi connectivity index (χ2v) is 13.1. The third-order valence-corrected chi connectivity index (χ3v) is 8.67. The lowest BCUT2D eigenvalue weighted by Gasteiger charge is -2.18. The zero-order valence-corrected chi connectivity index (χ0v) is 29.6. The lowest BCUT2D eigenvalue weighted by molar-refractivity contribution is -0.248. The van der Waals surface area contributed by atoms with E-state index in [1.165, 1.54) is 89.9 Å². The van der Waals surface area contributed by atoms with E-state index in [4.69, 9.17) is 14.7 Å². The molecule has 0 spiro atoms. The Labute approximate surface area is 277 Å². The first-order chi connectivity index (χ1) is 22.0. The van der Waals surface area contributed by atoms with Crippen LogP contribution in [0.2, 0.25) is 0 Å². The largest absolute Gasteiger partial charge is 0.463 e. The third-order valence-electron chi connectivity index (χ3n) is 8.67. The van der Waals surface area contributed by atoms with Crippen molar-refractivity contribution in [2.45, 2.75) is 213 Å². The van der Waals surface area contributed by atoms with Gasteiger partial charge in [-0.2, -0.15) is 0 Å². The molecule has 1 N–H and O–H groups in total. The summed E-state index contributed by atoms with van der Waals surface area (Å²) in [6.45, 7) is 4.54. The van der Waals surface area contributed by atoms with E-state index in [-0.39, 0.29) is 31.3 Å². The molecule has 0 bridgehead atoms. The Hall–Kier alpha value is -1.47. The van der Waals surface area contributed by atoms with Gasteiger partial charge in [0.2, 0.25) is 0 Å². The maximum absolute atomic E-state index is 12.6. The van der Waals surface area contributed by atoms with Crippen molar-refractivity contribution in [1.82, 2.24) is 0 Å². The summed E-state index contributed by atoms with van der Waals surface area (Å²) >= 11 is 0. The SMILES string of the molecule is CCCCCCC(=O)CCCCCCCCCCC(=O)OC(CCCCCC)CCCCCCCCCCC(=O)OCCOO. The Morgan fingerprint density at radius 1 is 0.467 bits per heavy atom. The van der Waals surface area contributed by atoms with Crippen LogP contribution in [-0.2, 0) is 28.7 Å². The molecule has 7 nitrogen and oxygen atoms in total. The summed E-state index contributed by atoms with van der Waals surface area (Å²) in [5.74, 6) is 0.208. The summed E-state index contributed by atoms with van der Waals surface area (Å²) in [4.78, 5) is 39.9. The highest BCUT2D eigenvalue weighted by molar-refractivity contribution is 5.78. The summed E-state index contributed by atoms with van der Waals surface area (Å²) in [6.07, 6.45) is 32.1. The fourth-order valence-electron chi connectivity index (χ4n) is 5.80. The number of carbonyl (C=O) groups excluding carboxylic acids is 3. The lowest BCUT2D eigenvalue weighted by Crippen LogP contribution is -2.18. The van der Waals surface area contributed by atoms with Crippen molar-refractivity contribution in [2.75, 3.05) is 13.2 Å². The monoisotopic (exact) mass is 641 g/mol. The van der Waals surface area contributed by atoms with Gasteiger partial charge in [0, 0.05) is 25.7 Å². The van der Waals surface area contributed by atoms with E-state index in [1.54, 1.807) is 0 Å². The number of hydrogen-bond donors (Lipinski definition) is 1. The molecule has 1 atom stereocenters. The zero-order valence-electron chi connectivity index (χ0n) is 29.6. The van der Waals surface area contributed by atoms with E-state index in [1.807, 2.05) is 0 Å². The molecule has 0 fully saturated rings. The standard InChI is InChI=1S/C38H72O7/c1-3-5-7-21-27-35(39)28-22-17-13-9-11-16-20-26-32-38(41)45-36(29-23-8-6-4-2)30-24-18-14-10-12-15-19-25-31-37(40)43-33-34-44-42/h36,42H,3-34H2,1-2H3. The molecule has 0 aromatic rings. The molecule has 0 aliphatic heterocycles. The molecule has 0 aromatic carbocycles. The van der Waals surface area contributed by atoms with Crippen molar-refractivity contribution >= 4 is 17.7 Å². The molecular weight excluding hydrogens is 568 g/mol. The smallest absolute Gasteiger partial charge is 0.306 e. The molecule has 1 unspecified atom stereocenters. The Bertz CT molecular complexity index is 666. The summed E-state index contributed by atoms with van der Waals surface area (Å²) in [6, 6.07) is 0. The number of unbranched alkanes of at least 4 members (excludes halogenated alkanes) is 20. The van der Waals surface area contributed by atoms with Crippen LogP contribution in [0.25, 0.3) is 0 Å². The molecule has 0 rings (SSSR count). The number of carbonyl (C=O) groups is 3. The van der Waals surface area contributed by atoms with E-state index in [2.05, 4.69) is 18.7 Å². The first-order valence-corrected chi connectivity index (χ1v) is 19.2. The van der Waals surface area contributed by atoms with Crippen LogP contribution in [0.5, 0.6) is 0 Å². The van der Waals surface area contributed by atoms with Crippen LogP contribution in [-0.4, -0.2) is 42.3 Å². The van der Waals surface area contributed by atoms with Crippen molar-refractivity contribution < 1.29 is 34.0 Å². The van der Waals surface area contributed by atoms with Crippen molar-refractivity contribution in [3.05, 3.63) is 0 Å². The molecule has 0 heterocycles. The number of ketones is 1. The minimum atomic E-state index is -0.229. The van der Waals surface area contributed by atoms with E-state index < -0.39 is 0 Å². The van der Waals surface area contributed by atoms with E-state index >= 15 is 0 Å². The minimum Gasteiger partial charge on any atom is -0.463 e. The average Bonchev–Trinajstić information content (AvgIpc) is 3.03. The number of rotatable bonds is 36. The summed E-state index contributed by atoms with van der Waals surface area (Å²) < 4.78 is 10.9. The predicted molar refractivity (Wildman–Crippen MR) is 184 cm³/mol. The van der Waals surface area contributed by atoms with Crippen molar-refractivity contribution in [1.29, 1.82) is 0 Å². The molecule has 0 radical (unpaired) electrons. The molecule has 0 amide bonds. The number of Topliss-reactive ketones (excluding diaryl/α,β-unsaturated/α-hetero) is 1. The molecule has 0 aliphatic carbocycles. The maximum atomic E-state index is 12.6. The second kappa shape index (κ2) is 35.4. The molecule has 266 valence electrons. The number of ether oxygens (including phenoxy) is 2. The molecule has 7 heteroatoms. The van der Waals surface area contributed by atoms with Gasteiger partial charge in [0.1, 0.15) is 25.1 Å². The van der Waals surface area contributed by atoms with Gasteiger partial charge in [-0.15, -0.1) is 0 Å². The fourth-order valence-corrected chi connectivity index (χ4v) is 5.80. The van der Waals surface area contributed by atoms with E-state index in [0.29, 0.717) is 18.6 Å². The highest BCUT2D eigenvalue weighted by Crippen LogP contribution is 2.19. The second-order valence-electron chi connectivity index (χ2n) is 13.1. The van der Waals surface area contributed by atoms with Crippen LogP contribution in [0.3, 0.4) is 0 Å². The van der Waals surface area contributed by atoms with Crippen LogP contribution >= 0.6 is 0 Å². The normalized spacial score (nSPS) is 11.9. The lowest BCUT2D eigenvalue weighted by atomic mass is 10.0. The van der Waals surface area contributed by atoms with Crippen LogP contribution in [0.15, 0.2) is 0 Å². The first kappa shape index (κ1) is 43.5. The van der Waals surface area contributed by atoms with Crippen LogP contribution in [0, 0.1) is 0 Å². The van der Waals surface area contributed by atoms with Gasteiger partial charge < -0.3 is 9.47 Å². The molecule has 0 aliphatic rings. The van der Waals surface area contributed by atoms with Crippen LogP contribution in [0.1, 0.15) is 206 Å². The summed E-state index contributed by atoms with van der Waals surface area (Å²) in [5.41, 5.74) is 0. The average molecular weight is 641 g/mol. The Balaban J connectivity index is 3.85. The van der Waals surface area contributed by atoms with Gasteiger partial charge in [-0.3, -0.25) is 19.6 Å². The fraction of sp³-hybridized carbons (Fsp3) is 0.921. The molecule has 0 aromatic heterocycles. The van der Waals surface area contributed by atoms with Crippen LogP contribution in [0.4, 0.5) is 0 Å². The van der Waals surface area contributed by atoms with Gasteiger partial charge in [-0.25, -0.2) is 4.89 Å². The zero-order chi connectivity index (χ0) is 33.1. The van der Waals surface area contributed by atoms with Crippen molar-refractivity contribution in [3.8, 4) is 0 Å². The number of hydrogen-bond acceptors (Lipinski definition) is 7. The summed E-state index contributed by atoms with van der Waals surface area (Å²) in [7, 11) is 0. The minimum absolute atomic E-state index is 0.0135. The predicted octanol–water partition coefficient (Wildman–Crippen LogP) is 11.2. The Kier molecular flexibility index (Phi) is 34.2. The highest BCUT2D eigenvalue weighted by atomic mass is 17.1.